The van der Waals surface area contributed by atoms with Gasteiger partial charge in [-0.2, -0.15) is 0 Å². The molecule has 0 fully saturated rings. The third-order valence-electron chi connectivity index (χ3n) is 2.14. The lowest BCUT2D eigenvalue weighted by Crippen LogP contribution is -2.17. The van der Waals surface area contributed by atoms with Crippen molar-refractivity contribution in [3.63, 3.8) is 0 Å². The van der Waals surface area contributed by atoms with E-state index in [4.69, 9.17) is 11.5 Å². The van der Waals surface area contributed by atoms with Gasteiger partial charge >= 0.3 is 5.97 Å². The molecule has 0 unspecified atom stereocenters. The molecule has 7 heteroatoms. The Bertz CT molecular complexity index is 416. The summed E-state index contributed by atoms with van der Waals surface area (Å²) < 4.78 is 6.16. The minimum atomic E-state index is -0.471. The number of hydrogen-bond donors (Lipinski definition) is 2. The van der Waals surface area contributed by atoms with Crippen molar-refractivity contribution in [3.05, 3.63) is 26.6 Å². The van der Waals surface area contributed by atoms with Crippen molar-refractivity contribution in [3.8, 4) is 0 Å². The van der Waals surface area contributed by atoms with Gasteiger partial charge in [0.15, 0.2) is 0 Å². The molecule has 96 valence electrons. The Morgan fingerprint density at radius 3 is 2.59 bits per heavy atom. The maximum Gasteiger partial charge on any atom is 0.307 e. The molecule has 0 aliphatic rings. The highest BCUT2D eigenvalue weighted by Crippen LogP contribution is 2.32. The lowest BCUT2D eigenvalue weighted by atomic mass is 10.0. The maximum atomic E-state index is 11.1. The Kier molecular flexibility index (Phi) is 7.08. The second kappa shape index (κ2) is 7.20. The quantitative estimate of drug-likeness (QED) is 0.617. The standard InChI is InChI=1S/C10H12Br2N2O2.ClH/c1-16-9(15)4-8(13)6-2-5(11)3-7(12)10(6)14;/h2-3,8H,4,13-14H2,1H3;1H/t8-;/m0./s1. The smallest absolute Gasteiger partial charge is 0.307 e. The summed E-state index contributed by atoms with van der Waals surface area (Å²) in [6.07, 6.45) is 0.101. The van der Waals surface area contributed by atoms with E-state index in [1.165, 1.54) is 7.11 Å². The first-order chi connectivity index (χ1) is 7.45. The van der Waals surface area contributed by atoms with Crippen LogP contribution < -0.4 is 11.5 Å². The summed E-state index contributed by atoms with van der Waals surface area (Å²) in [5, 5.41) is 0. The summed E-state index contributed by atoms with van der Waals surface area (Å²) in [7, 11) is 1.33. The third-order valence-corrected chi connectivity index (χ3v) is 3.25. The zero-order valence-corrected chi connectivity index (χ0v) is 13.1. The Hall–Kier alpha value is -0.300. The van der Waals surface area contributed by atoms with Gasteiger partial charge in [-0.3, -0.25) is 4.79 Å². The fourth-order valence-electron chi connectivity index (χ4n) is 1.28. The number of methoxy groups -OCH3 is 1. The van der Waals surface area contributed by atoms with Gasteiger partial charge in [0.05, 0.1) is 19.2 Å². The van der Waals surface area contributed by atoms with E-state index in [1.807, 2.05) is 6.07 Å². The van der Waals surface area contributed by atoms with Crippen LogP contribution in [0.4, 0.5) is 5.69 Å². The molecule has 0 aliphatic heterocycles. The maximum absolute atomic E-state index is 11.1. The second-order valence-corrected chi connectivity index (χ2v) is 5.05. The van der Waals surface area contributed by atoms with Crippen molar-refractivity contribution in [1.82, 2.24) is 0 Å². The fourth-order valence-corrected chi connectivity index (χ4v) is 2.54. The van der Waals surface area contributed by atoms with E-state index in [2.05, 4.69) is 36.6 Å². The minimum absolute atomic E-state index is 0. The summed E-state index contributed by atoms with van der Waals surface area (Å²) >= 11 is 6.66. The van der Waals surface area contributed by atoms with Crippen LogP contribution in [-0.2, 0) is 9.53 Å². The second-order valence-electron chi connectivity index (χ2n) is 3.28. The molecule has 0 heterocycles. The summed E-state index contributed by atoms with van der Waals surface area (Å²) in [4.78, 5) is 11.1. The van der Waals surface area contributed by atoms with Gasteiger partial charge in [-0.05, 0) is 33.6 Å². The molecule has 1 atom stereocenters. The van der Waals surface area contributed by atoms with Gasteiger partial charge in [0.25, 0.3) is 0 Å². The first-order valence-electron chi connectivity index (χ1n) is 4.52. The highest BCUT2D eigenvalue weighted by molar-refractivity contribution is 9.11. The van der Waals surface area contributed by atoms with Gasteiger partial charge in [0.1, 0.15) is 0 Å². The van der Waals surface area contributed by atoms with Crippen LogP contribution in [0.25, 0.3) is 0 Å². The number of rotatable bonds is 3. The number of nitrogen functional groups attached to an aromatic ring is 1. The van der Waals surface area contributed by atoms with E-state index < -0.39 is 6.04 Å². The molecule has 0 bridgehead atoms. The molecular formula is C10H13Br2ClN2O2. The van der Waals surface area contributed by atoms with Gasteiger partial charge in [-0.25, -0.2) is 0 Å². The van der Waals surface area contributed by atoms with Gasteiger partial charge in [0.2, 0.25) is 0 Å². The fraction of sp³-hybridized carbons (Fsp3) is 0.300. The van der Waals surface area contributed by atoms with Crippen LogP contribution in [0.1, 0.15) is 18.0 Å². The minimum Gasteiger partial charge on any atom is -0.469 e. The number of anilines is 1. The number of esters is 1. The Labute approximate surface area is 123 Å². The zero-order chi connectivity index (χ0) is 12.3. The third kappa shape index (κ3) is 4.46. The number of nitrogens with two attached hydrogens (primary N) is 2. The van der Waals surface area contributed by atoms with Crippen molar-refractivity contribution >= 4 is 55.9 Å². The molecule has 0 amide bonds. The van der Waals surface area contributed by atoms with Gasteiger partial charge in [0, 0.05) is 15.0 Å². The number of benzene rings is 1. The summed E-state index contributed by atoms with van der Waals surface area (Å²) in [5.41, 5.74) is 13.0. The van der Waals surface area contributed by atoms with E-state index in [-0.39, 0.29) is 24.8 Å². The summed E-state index contributed by atoms with van der Waals surface area (Å²) in [6.45, 7) is 0. The van der Waals surface area contributed by atoms with Crippen LogP contribution in [0.15, 0.2) is 21.1 Å². The molecule has 4 N–H and O–H groups in total. The average Bonchev–Trinajstić information content (AvgIpc) is 2.22. The zero-order valence-electron chi connectivity index (χ0n) is 9.07. The van der Waals surface area contributed by atoms with Gasteiger partial charge in [-0.1, -0.05) is 15.9 Å². The monoisotopic (exact) mass is 386 g/mol. The van der Waals surface area contributed by atoms with Crippen LogP contribution in [-0.4, -0.2) is 13.1 Å². The number of hydrogen-bond acceptors (Lipinski definition) is 4. The van der Waals surface area contributed by atoms with Crippen LogP contribution in [0, 0.1) is 0 Å². The highest BCUT2D eigenvalue weighted by Gasteiger charge is 2.16. The molecule has 0 aliphatic carbocycles. The Morgan fingerprint density at radius 2 is 2.06 bits per heavy atom. The average molecular weight is 388 g/mol. The first-order valence-corrected chi connectivity index (χ1v) is 6.11. The highest BCUT2D eigenvalue weighted by atomic mass is 79.9. The Morgan fingerprint density at radius 1 is 1.47 bits per heavy atom. The van der Waals surface area contributed by atoms with Crippen molar-refractivity contribution < 1.29 is 9.53 Å². The molecule has 0 spiro atoms. The number of carbonyl (C=O) groups is 1. The molecule has 17 heavy (non-hydrogen) atoms. The van der Waals surface area contributed by atoms with Crippen LogP contribution in [0.3, 0.4) is 0 Å². The van der Waals surface area contributed by atoms with E-state index in [9.17, 15) is 4.79 Å². The molecule has 1 aromatic carbocycles. The summed E-state index contributed by atoms with van der Waals surface area (Å²) in [6, 6.07) is 3.15. The van der Waals surface area contributed by atoms with Crippen LogP contribution >= 0.6 is 44.3 Å². The molecule has 1 aromatic rings. The molecular weight excluding hydrogens is 375 g/mol. The number of ether oxygens (including phenoxy) is 1. The Balaban J connectivity index is 0.00000256. The topological polar surface area (TPSA) is 78.3 Å². The van der Waals surface area contributed by atoms with Crippen molar-refractivity contribution in [2.24, 2.45) is 5.73 Å². The number of halogens is 3. The van der Waals surface area contributed by atoms with Crippen molar-refractivity contribution in [2.45, 2.75) is 12.5 Å². The van der Waals surface area contributed by atoms with E-state index in [1.54, 1.807) is 6.07 Å². The molecule has 0 aromatic heterocycles. The van der Waals surface area contributed by atoms with Crippen molar-refractivity contribution in [2.75, 3.05) is 12.8 Å². The van der Waals surface area contributed by atoms with Gasteiger partial charge < -0.3 is 16.2 Å². The summed E-state index contributed by atoms with van der Waals surface area (Å²) in [5.74, 6) is -0.358. The first kappa shape index (κ1) is 16.7. The molecule has 0 radical (unpaired) electrons. The predicted molar refractivity (Wildman–Crippen MR) is 77.1 cm³/mol. The molecule has 0 saturated heterocycles. The SMILES string of the molecule is COC(=O)C[C@H](N)c1cc(Br)cc(Br)c1N.Cl. The lowest BCUT2D eigenvalue weighted by molar-refractivity contribution is -0.141. The molecule has 1 rings (SSSR count). The predicted octanol–water partition coefficient (Wildman–Crippen LogP) is 2.78. The lowest BCUT2D eigenvalue weighted by Gasteiger charge is -2.15. The van der Waals surface area contributed by atoms with E-state index in [0.717, 1.165) is 8.95 Å². The van der Waals surface area contributed by atoms with E-state index >= 15 is 0 Å². The number of carbonyl (C=O) groups excluding carboxylic acids is 1. The van der Waals surface area contributed by atoms with Crippen LogP contribution in [0.2, 0.25) is 0 Å². The normalized spacial score (nSPS) is 11.5. The molecule has 4 nitrogen and oxygen atoms in total. The van der Waals surface area contributed by atoms with Crippen molar-refractivity contribution in [1.29, 1.82) is 0 Å². The van der Waals surface area contributed by atoms with E-state index in [0.29, 0.717) is 11.3 Å². The molecule has 0 saturated carbocycles. The largest absolute Gasteiger partial charge is 0.469 e. The van der Waals surface area contributed by atoms with Crippen LogP contribution in [0.5, 0.6) is 0 Å². The van der Waals surface area contributed by atoms with Gasteiger partial charge in [-0.15, -0.1) is 12.4 Å².